The molecule has 0 radical (unpaired) electrons. The summed E-state index contributed by atoms with van der Waals surface area (Å²) in [7, 11) is 1.56. The summed E-state index contributed by atoms with van der Waals surface area (Å²) in [5.41, 5.74) is 5.73. The van der Waals surface area contributed by atoms with E-state index in [1.165, 1.54) is 12.5 Å². The van der Waals surface area contributed by atoms with Crippen LogP contribution in [0.15, 0.2) is 109 Å². The smallest absolute Gasteiger partial charge is 0.408 e. The number of aromatic nitrogens is 2. The van der Waals surface area contributed by atoms with Crippen molar-refractivity contribution in [1.82, 2.24) is 20.7 Å². The number of hydrogen-bond donors (Lipinski definition) is 3. The normalized spacial score (nSPS) is 11.7. The topological polar surface area (TPSA) is 127 Å². The second-order valence-electron chi connectivity index (χ2n) is 9.61. The van der Waals surface area contributed by atoms with Crippen LogP contribution in [0.5, 0.6) is 11.5 Å². The molecule has 5 aromatic rings. The van der Waals surface area contributed by atoms with E-state index >= 15 is 0 Å². The minimum absolute atomic E-state index is 0.0761. The molecule has 3 N–H and O–H groups in total. The van der Waals surface area contributed by atoms with E-state index < -0.39 is 18.0 Å². The Hall–Kier alpha value is -5.64. The molecule has 1 aromatic heterocycles. The van der Waals surface area contributed by atoms with Gasteiger partial charge in [-0.3, -0.25) is 4.79 Å². The zero-order chi connectivity index (χ0) is 29.9. The highest BCUT2D eigenvalue weighted by molar-refractivity contribution is 5.88. The summed E-state index contributed by atoms with van der Waals surface area (Å²) < 4.78 is 16.9. The predicted molar refractivity (Wildman–Crippen MR) is 163 cm³/mol. The average molecular weight is 578 g/mol. The molecule has 0 spiro atoms. The summed E-state index contributed by atoms with van der Waals surface area (Å²) in [6.07, 6.45) is 4.00. The number of benzene rings is 4. The summed E-state index contributed by atoms with van der Waals surface area (Å²) in [6, 6.07) is 27.9. The van der Waals surface area contributed by atoms with Crippen molar-refractivity contribution in [3.05, 3.63) is 126 Å². The van der Waals surface area contributed by atoms with Gasteiger partial charge in [0, 0.05) is 18.3 Å². The Balaban J connectivity index is 1.19. The number of carbonyl (C=O) groups is 2. The lowest BCUT2D eigenvalue weighted by molar-refractivity contribution is -0.123. The summed E-state index contributed by atoms with van der Waals surface area (Å²) >= 11 is 0. The van der Waals surface area contributed by atoms with Gasteiger partial charge in [0.15, 0.2) is 11.5 Å². The van der Waals surface area contributed by atoms with Crippen LogP contribution in [0.4, 0.5) is 4.79 Å². The highest BCUT2D eigenvalue weighted by atomic mass is 16.5. The Kier molecular flexibility index (Phi) is 9.61. The van der Waals surface area contributed by atoms with E-state index in [0.29, 0.717) is 29.4 Å². The number of alkyl carbamates (subject to hydrolysis) is 1. The summed E-state index contributed by atoms with van der Waals surface area (Å²) in [4.78, 5) is 32.4. The van der Waals surface area contributed by atoms with E-state index in [4.69, 9.17) is 14.2 Å². The maximum Gasteiger partial charge on any atom is 0.408 e. The molecule has 10 heteroatoms. The Labute approximate surface area is 248 Å². The van der Waals surface area contributed by atoms with Gasteiger partial charge in [-0.05, 0) is 45.7 Å². The van der Waals surface area contributed by atoms with Crippen LogP contribution < -0.4 is 20.2 Å². The first-order valence-electron chi connectivity index (χ1n) is 13.6. The first-order chi connectivity index (χ1) is 21.1. The number of nitrogens with one attached hydrogen (secondary N) is 3. The zero-order valence-corrected chi connectivity index (χ0v) is 23.5. The number of hydrogen-bond acceptors (Lipinski definition) is 7. The molecule has 4 aromatic carbocycles. The van der Waals surface area contributed by atoms with Crippen molar-refractivity contribution in [2.24, 2.45) is 5.10 Å². The molecule has 218 valence electrons. The molecule has 0 fully saturated rings. The summed E-state index contributed by atoms with van der Waals surface area (Å²) in [5.74, 6) is 0.578. The molecule has 10 nitrogen and oxygen atoms in total. The highest BCUT2D eigenvalue weighted by Crippen LogP contribution is 2.29. The number of nitrogens with zero attached hydrogens (tertiary/aromatic N) is 2. The van der Waals surface area contributed by atoms with E-state index in [9.17, 15) is 9.59 Å². The molecule has 43 heavy (non-hydrogen) atoms. The zero-order valence-electron chi connectivity index (χ0n) is 23.5. The molecule has 2 amide bonds. The van der Waals surface area contributed by atoms with E-state index in [1.54, 1.807) is 31.5 Å². The lowest BCUT2D eigenvalue weighted by Crippen LogP contribution is -2.47. The number of ether oxygens (including phenoxy) is 3. The van der Waals surface area contributed by atoms with Crippen LogP contribution in [0.2, 0.25) is 0 Å². The molecular formula is C33H31N5O5. The number of imidazole rings is 1. The van der Waals surface area contributed by atoms with Gasteiger partial charge in [-0.25, -0.2) is 15.2 Å². The van der Waals surface area contributed by atoms with Gasteiger partial charge in [0.1, 0.15) is 19.3 Å². The lowest BCUT2D eigenvalue weighted by atomic mass is 10.1. The number of aromatic amines is 1. The van der Waals surface area contributed by atoms with E-state index in [0.717, 1.165) is 21.9 Å². The Morgan fingerprint density at radius 3 is 2.58 bits per heavy atom. The molecule has 0 saturated heterocycles. The van der Waals surface area contributed by atoms with Crippen LogP contribution in [-0.2, 0) is 29.2 Å². The van der Waals surface area contributed by atoms with Gasteiger partial charge in [-0.15, -0.1) is 0 Å². The van der Waals surface area contributed by atoms with Crippen molar-refractivity contribution in [1.29, 1.82) is 0 Å². The molecular weight excluding hydrogens is 546 g/mol. The van der Waals surface area contributed by atoms with Gasteiger partial charge in [0.25, 0.3) is 5.91 Å². The van der Waals surface area contributed by atoms with Crippen molar-refractivity contribution >= 4 is 29.0 Å². The third kappa shape index (κ3) is 7.98. The molecule has 0 aliphatic carbocycles. The molecule has 0 bridgehead atoms. The second-order valence-corrected chi connectivity index (χ2v) is 9.61. The number of fused-ring (bicyclic) bond motifs is 1. The van der Waals surface area contributed by atoms with Crippen LogP contribution >= 0.6 is 0 Å². The fraction of sp³-hybridized carbons (Fsp3) is 0.152. The molecule has 1 atom stereocenters. The predicted octanol–water partition coefficient (Wildman–Crippen LogP) is 5.14. The monoisotopic (exact) mass is 577 g/mol. The second kappa shape index (κ2) is 14.3. The van der Waals surface area contributed by atoms with Gasteiger partial charge >= 0.3 is 6.09 Å². The van der Waals surface area contributed by atoms with Gasteiger partial charge < -0.3 is 24.5 Å². The molecule has 5 rings (SSSR count). The third-order valence-corrected chi connectivity index (χ3v) is 6.64. The number of H-pyrrole nitrogens is 1. The molecule has 0 saturated carbocycles. The number of methoxy groups -OCH3 is 1. The van der Waals surface area contributed by atoms with Crippen molar-refractivity contribution in [3.63, 3.8) is 0 Å². The standard InChI is InChI=1S/C33H31N5O5/c1-41-31-16-24(14-15-30(31)42-21-26-12-7-11-25-10-5-6-13-28(25)26)18-36-38-32(39)29(17-27-19-34-22-35-27)37-33(40)43-20-23-8-3-2-4-9-23/h2-16,18-19,22,29H,17,20-21H2,1H3,(H,34,35)(H,37,40)(H,38,39)/b36-18-/t29-/m0/s1. The Morgan fingerprint density at radius 1 is 0.953 bits per heavy atom. The number of amides is 2. The van der Waals surface area contributed by atoms with E-state index in [1.807, 2.05) is 54.6 Å². The van der Waals surface area contributed by atoms with Crippen molar-refractivity contribution < 1.29 is 23.8 Å². The third-order valence-electron chi connectivity index (χ3n) is 6.64. The average Bonchev–Trinajstić information content (AvgIpc) is 3.56. The fourth-order valence-corrected chi connectivity index (χ4v) is 4.44. The molecule has 0 aliphatic heterocycles. The maximum absolute atomic E-state index is 13.0. The van der Waals surface area contributed by atoms with Crippen LogP contribution in [0, 0.1) is 0 Å². The summed E-state index contributed by atoms with van der Waals surface area (Å²) in [6.45, 7) is 0.451. The van der Waals surface area contributed by atoms with Crippen LogP contribution in [0.3, 0.4) is 0 Å². The van der Waals surface area contributed by atoms with Crippen LogP contribution in [-0.4, -0.2) is 41.3 Å². The maximum atomic E-state index is 13.0. The number of hydrazone groups is 1. The molecule has 0 aliphatic rings. The minimum atomic E-state index is -0.958. The first-order valence-corrected chi connectivity index (χ1v) is 13.6. The quantitative estimate of drug-likeness (QED) is 0.139. The fourth-order valence-electron chi connectivity index (χ4n) is 4.44. The number of carbonyl (C=O) groups excluding carboxylic acids is 2. The van der Waals surface area contributed by atoms with Crippen LogP contribution in [0.25, 0.3) is 10.8 Å². The number of rotatable bonds is 12. The lowest BCUT2D eigenvalue weighted by Gasteiger charge is -2.16. The van der Waals surface area contributed by atoms with Crippen molar-refractivity contribution in [2.45, 2.75) is 25.7 Å². The SMILES string of the molecule is COc1cc(/C=N\NC(=O)[C@H](Cc2cnc[nH]2)NC(=O)OCc2ccccc2)ccc1OCc1cccc2ccccc12. The highest BCUT2D eigenvalue weighted by Gasteiger charge is 2.22. The Bertz CT molecular complexity index is 1680. The van der Waals surface area contributed by atoms with Gasteiger partial charge in [-0.1, -0.05) is 72.8 Å². The van der Waals surface area contributed by atoms with Gasteiger partial charge in [0.2, 0.25) is 0 Å². The van der Waals surface area contributed by atoms with Gasteiger partial charge in [0.05, 0.1) is 19.7 Å². The van der Waals surface area contributed by atoms with Crippen molar-refractivity contribution in [2.75, 3.05) is 7.11 Å². The van der Waals surface area contributed by atoms with Crippen molar-refractivity contribution in [3.8, 4) is 11.5 Å². The molecule has 0 unspecified atom stereocenters. The van der Waals surface area contributed by atoms with Gasteiger partial charge in [-0.2, -0.15) is 5.10 Å². The van der Waals surface area contributed by atoms with E-state index in [-0.39, 0.29) is 13.0 Å². The Morgan fingerprint density at radius 2 is 1.77 bits per heavy atom. The van der Waals surface area contributed by atoms with E-state index in [2.05, 4.69) is 44.0 Å². The largest absolute Gasteiger partial charge is 0.493 e. The molecule has 1 heterocycles. The minimum Gasteiger partial charge on any atom is -0.493 e. The van der Waals surface area contributed by atoms with Crippen LogP contribution in [0.1, 0.15) is 22.4 Å². The summed E-state index contributed by atoms with van der Waals surface area (Å²) in [5, 5.41) is 8.97. The first kappa shape index (κ1) is 28.9.